The molecule has 0 aliphatic rings. The third kappa shape index (κ3) is 8.19. The smallest absolute Gasteiger partial charge is 0.872 e. The maximum Gasteiger partial charge on any atom is 2.00 e. The van der Waals surface area contributed by atoms with E-state index in [0.717, 1.165) is 37.6 Å². The van der Waals surface area contributed by atoms with Gasteiger partial charge in [0.1, 0.15) is 0 Å². The van der Waals surface area contributed by atoms with E-state index in [0.29, 0.717) is 24.2 Å². The third-order valence-corrected chi connectivity index (χ3v) is 5.07. The zero-order valence-corrected chi connectivity index (χ0v) is 20.2. The van der Waals surface area contributed by atoms with Gasteiger partial charge in [-0.25, -0.2) is 0 Å². The second-order valence-corrected chi connectivity index (χ2v) is 6.86. The summed E-state index contributed by atoms with van der Waals surface area (Å²) in [6, 6.07) is 10.8. The second-order valence-electron chi connectivity index (χ2n) is 6.86. The van der Waals surface area contributed by atoms with Gasteiger partial charge in [-0.3, -0.25) is 9.98 Å². The average molecular weight is 490 g/mol. The summed E-state index contributed by atoms with van der Waals surface area (Å²) in [6.45, 7) is 12.7. The molecule has 7 nitrogen and oxygen atoms in total. The number of hydrogen-bond acceptors (Lipinski definition) is 6. The zero-order chi connectivity index (χ0) is 21.9. The van der Waals surface area contributed by atoms with Crippen molar-refractivity contribution in [1.82, 2.24) is 0 Å². The number of hydrogen-bond donors (Lipinski definition) is 0. The molecule has 0 fully saturated rings. The van der Waals surface area contributed by atoms with Gasteiger partial charge in [-0.05, 0) is 63.1 Å². The quantitative estimate of drug-likeness (QED) is 0.274. The monoisotopic (exact) mass is 489 g/mol. The Morgan fingerprint density at radius 3 is 1.31 bits per heavy atom. The molecule has 8 heteroatoms. The van der Waals surface area contributed by atoms with Crippen LogP contribution in [0.2, 0.25) is 0 Å². The molecule has 0 unspecified atom stereocenters. The maximum atomic E-state index is 12.3. The molecule has 0 heterocycles. The zero-order valence-electron chi connectivity index (χ0n) is 19.3. The predicted molar refractivity (Wildman–Crippen MR) is 127 cm³/mol. The van der Waals surface area contributed by atoms with Crippen LogP contribution in [0.4, 0.5) is 11.4 Å². The molecule has 0 saturated heterocycles. The molecule has 0 amide bonds. The molecule has 2 aromatic rings. The Hall–Kier alpha value is -2.54. The number of nitrogens with zero attached hydrogens (tertiary/aromatic N) is 4. The summed E-state index contributed by atoms with van der Waals surface area (Å²) < 4.78 is 0. The Balaban J connectivity index is 0.00000480. The van der Waals surface area contributed by atoms with Crippen molar-refractivity contribution in [1.29, 1.82) is 0 Å². The van der Waals surface area contributed by atoms with Crippen molar-refractivity contribution < 1.29 is 32.8 Å². The van der Waals surface area contributed by atoms with E-state index < -0.39 is 0 Å². The fourth-order valence-electron chi connectivity index (χ4n) is 3.27. The van der Waals surface area contributed by atoms with E-state index in [9.17, 15) is 10.2 Å². The van der Waals surface area contributed by atoms with Crippen LogP contribution in [0.25, 0.3) is 0 Å². The maximum absolute atomic E-state index is 12.3. The number of aliphatic imine (C=N–C) groups is 2. The van der Waals surface area contributed by atoms with E-state index in [1.54, 1.807) is 24.6 Å². The summed E-state index contributed by atoms with van der Waals surface area (Å²) in [5.74, 6) is -0.0631. The van der Waals surface area contributed by atoms with E-state index in [2.05, 4.69) is 47.5 Å². The van der Waals surface area contributed by atoms with Gasteiger partial charge in [0.15, 0.2) is 0 Å². The summed E-state index contributed by atoms with van der Waals surface area (Å²) in [5, 5.41) is 24.5. The van der Waals surface area contributed by atoms with Crippen molar-refractivity contribution in [2.45, 2.75) is 27.7 Å². The fourth-order valence-corrected chi connectivity index (χ4v) is 3.27. The summed E-state index contributed by atoms with van der Waals surface area (Å²) in [4.78, 5) is 12.9. The van der Waals surface area contributed by atoms with E-state index in [1.807, 2.05) is 24.3 Å². The first-order chi connectivity index (χ1) is 14.5. The topological polar surface area (TPSA) is 109 Å². The molecular weight excluding hydrogens is 456 g/mol. The minimum atomic E-state index is -0.0315. The van der Waals surface area contributed by atoms with Crippen molar-refractivity contribution >= 4 is 23.8 Å². The van der Waals surface area contributed by atoms with Gasteiger partial charge in [-0.2, -0.15) is 0 Å². The Kier molecular flexibility index (Phi) is 14.1. The van der Waals surface area contributed by atoms with Crippen LogP contribution in [0.5, 0.6) is 11.5 Å². The SMILES string of the molecule is CCN(CC)c1ccc(C=NCCN=Cc2ccc(N(CC)CC)cc2[O-])c([O-])c1.O.[Cu+2]. The van der Waals surface area contributed by atoms with E-state index >= 15 is 0 Å². The average Bonchev–Trinajstić information content (AvgIpc) is 2.75. The summed E-state index contributed by atoms with van der Waals surface area (Å²) in [6.07, 6.45) is 3.20. The minimum Gasteiger partial charge on any atom is -0.872 e. The van der Waals surface area contributed by atoms with E-state index in [1.165, 1.54) is 0 Å². The van der Waals surface area contributed by atoms with Crippen molar-refractivity contribution in [3.63, 3.8) is 0 Å². The molecule has 179 valence electrons. The standard InChI is InChI=1S/C24H34N4O2.Cu.H2O/c1-5-27(6-2)21-11-9-19(23(29)15-21)17-25-13-14-26-18-20-10-12-22(16-24(20)30)28(7-3)8-4;;/h9-12,15-18,29-30H,5-8,13-14H2,1-4H3;;1H2/q;+2;/p-2. The first-order valence-corrected chi connectivity index (χ1v) is 10.7. The Morgan fingerprint density at radius 1 is 0.688 bits per heavy atom. The Morgan fingerprint density at radius 2 is 1.03 bits per heavy atom. The van der Waals surface area contributed by atoms with E-state index in [-0.39, 0.29) is 34.0 Å². The van der Waals surface area contributed by atoms with Gasteiger partial charge in [0, 0.05) is 50.0 Å². The molecule has 0 aliphatic heterocycles. The van der Waals surface area contributed by atoms with Gasteiger partial charge in [0.2, 0.25) is 0 Å². The van der Waals surface area contributed by atoms with Gasteiger partial charge in [-0.1, -0.05) is 23.6 Å². The molecule has 0 aromatic heterocycles. The molecule has 2 rings (SSSR count). The molecule has 32 heavy (non-hydrogen) atoms. The molecule has 0 bridgehead atoms. The molecule has 2 N–H and O–H groups in total. The van der Waals surface area contributed by atoms with Crippen LogP contribution in [0.3, 0.4) is 0 Å². The van der Waals surface area contributed by atoms with Crippen molar-refractivity contribution in [2.75, 3.05) is 49.1 Å². The summed E-state index contributed by atoms with van der Waals surface area (Å²) >= 11 is 0. The number of anilines is 2. The summed E-state index contributed by atoms with van der Waals surface area (Å²) in [7, 11) is 0. The molecule has 0 atom stereocenters. The second kappa shape index (κ2) is 15.3. The van der Waals surface area contributed by atoms with Crippen LogP contribution >= 0.6 is 0 Å². The van der Waals surface area contributed by atoms with Crippen LogP contribution in [-0.4, -0.2) is 57.2 Å². The molecule has 0 saturated carbocycles. The van der Waals surface area contributed by atoms with Gasteiger partial charge in [0.25, 0.3) is 0 Å². The molecular formula is C24H34CuN4O3. The van der Waals surface area contributed by atoms with Crippen LogP contribution in [-0.2, 0) is 17.1 Å². The van der Waals surface area contributed by atoms with Crippen molar-refractivity contribution in [3.8, 4) is 11.5 Å². The van der Waals surface area contributed by atoms with Crippen LogP contribution in [0.1, 0.15) is 38.8 Å². The number of rotatable bonds is 11. The van der Waals surface area contributed by atoms with Gasteiger partial charge < -0.3 is 25.5 Å². The van der Waals surface area contributed by atoms with Crippen molar-refractivity contribution in [3.05, 3.63) is 47.5 Å². The molecule has 1 radical (unpaired) electrons. The van der Waals surface area contributed by atoms with Crippen LogP contribution < -0.4 is 20.0 Å². The van der Waals surface area contributed by atoms with Crippen molar-refractivity contribution in [2.24, 2.45) is 9.98 Å². The largest absolute Gasteiger partial charge is 2.00 e. The van der Waals surface area contributed by atoms with E-state index in [4.69, 9.17) is 0 Å². The molecule has 0 spiro atoms. The van der Waals surface area contributed by atoms with Gasteiger partial charge in [0.05, 0.1) is 13.1 Å². The first-order valence-electron chi connectivity index (χ1n) is 10.7. The van der Waals surface area contributed by atoms with Gasteiger partial charge >= 0.3 is 17.1 Å². The Bertz CT molecular complexity index is 795. The fraction of sp³-hybridized carbons (Fsp3) is 0.417. The third-order valence-electron chi connectivity index (χ3n) is 5.07. The van der Waals surface area contributed by atoms with Crippen LogP contribution in [0.15, 0.2) is 46.4 Å². The van der Waals surface area contributed by atoms with Crippen LogP contribution in [0, 0.1) is 0 Å². The molecule has 2 aromatic carbocycles. The summed E-state index contributed by atoms with van der Waals surface area (Å²) in [5.41, 5.74) is 3.02. The van der Waals surface area contributed by atoms with Gasteiger partial charge in [-0.15, -0.1) is 0 Å². The predicted octanol–water partition coefficient (Wildman–Crippen LogP) is 2.24. The molecule has 0 aliphatic carbocycles. The normalized spacial score (nSPS) is 10.8. The minimum absolute atomic E-state index is 0. The number of benzene rings is 2. The first kappa shape index (κ1) is 29.5. The Labute approximate surface area is 202 Å².